The molecule has 1 atom stereocenters. The lowest BCUT2D eigenvalue weighted by atomic mass is 9.68. The second-order valence-corrected chi connectivity index (χ2v) is 18.0. The average molecular weight is 679 g/mol. The van der Waals surface area contributed by atoms with E-state index in [0.29, 0.717) is 11.8 Å². The van der Waals surface area contributed by atoms with Gasteiger partial charge in [0.15, 0.2) is 0 Å². The summed E-state index contributed by atoms with van der Waals surface area (Å²) in [7, 11) is 0. The largest absolute Gasteiger partial charge is 0.0810 e. The summed E-state index contributed by atoms with van der Waals surface area (Å²) >= 11 is 0. The van der Waals surface area contributed by atoms with E-state index in [1.165, 1.54) is 173 Å². The van der Waals surface area contributed by atoms with Crippen molar-refractivity contribution in [2.45, 2.75) is 191 Å². The Bertz CT molecular complexity index is 1670. The van der Waals surface area contributed by atoms with E-state index in [4.69, 9.17) is 0 Å². The fraction of sp³-hybridized carbons (Fsp3) is 0.608. The molecule has 0 amide bonds. The SMILES string of the molecule is C1=C(C2=C(C3CCCCCC3)c3c(C4=CCCCC4)c(C4CCCCC4)c(C4=CCCC4)c(C4CCCC4)c3C2c2ccccc2)CCCCC1. The van der Waals surface area contributed by atoms with Gasteiger partial charge in [0.25, 0.3) is 0 Å². The van der Waals surface area contributed by atoms with Crippen molar-refractivity contribution >= 4 is 16.7 Å². The molecule has 0 saturated heterocycles. The predicted octanol–water partition coefficient (Wildman–Crippen LogP) is 15.7. The van der Waals surface area contributed by atoms with Gasteiger partial charge in [0.2, 0.25) is 0 Å². The Kier molecular flexibility index (Phi) is 10.6. The molecule has 9 rings (SSSR count). The molecule has 0 heterocycles. The number of allylic oxidation sites excluding steroid dienone is 8. The second-order valence-electron chi connectivity index (χ2n) is 18.0. The van der Waals surface area contributed by atoms with Gasteiger partial charge in [-0.25, -0.2) is 0 Å². The number of hydrogen-bond donors (Lipinski definition) is 0. The molecule has 0 heteroatoms. The lowest BCUT2D eigenvalue weighted by Crippen LogP contribution is -2.19. The lowest BCUT2D eigenvalue weighted by Gasteiger charge is -2.36. The van der Waals surface area contributed by atoms with Gasteiger partial charge in [0.1, 0.15) is 0 Å². The number of hydrogen-bond acceptors (Lipinski definition) is 0. The molecule has 0 aliphatic heterocycles. The van der Waals surface area contributed by atoms with Gasteiger partial charge in [0, 0.05) is 5.92 Å². The Labute approximate surface area is 311 Å². The van der Waals surface area contributed by atoms with Crippen molar-refractivity contribution in [3.8, 4) is 0 Å². The summed E-state index contributed by atoms with van der Waals surface area (Å²) in [4.78, 5) is 0. The number of fused-ring (bicyclic) bond motifs is 1. The van der Waals surface area contributed by atoms with Crippen LogP contribution in [0.1, 0.15) is 230 Å². The average Bonchev–Trinajstić information content (AvgIpc) is 3.89. The molecule has 3 fully saturated rings. The Hall–Kier alpha value is -2.60. The number of benzene rings is 2. The monoisotopic (exact) mass is 679 g/mol. The molecule has 0 radical (unpaired) electrons. The maximum absolute atomic E-state index is 2.78. The third-order valence-electron chi connectivity index (χ3n) is 14.8. The van der Waals surface area contributed by atoms with Crippen molar-refractivity contribution < 1.29 is 0 Å². The molecule has 270 valence electrons. The summed E-state index contributed by atoms with van der Waals surface area (Å²) in [5.41, 5.74) is 21.7. The van der Waals surface area contributed by atoms with E-state index in [1.807, 2.05) is 44.5 Å². The normalized spacial score (nSPS) is 25.7. The highest BCUT2D eigenvalue weighted by Crippen LogP contribution is 2.62. The molecule has 0 aromatic heterocycles. The van der Waals surface area contributed by atoms with E-state index in [0.717, 1.165) is 11.8 Å². The second kappa shape index (κ2) is 15.8. The van der Waals surface area contributed by atoms with Crippen molar-refractivity contribution in [2.24, 2.45) is 5.92 Å². The van der Waals surface area contributed by atoms with Crippen LogP contribution in [-0.2, 0) is 0 Å². The van der Waals surface area contributed by atoms with Gasteiger partial charge in [0.05, 0.1) is 0 Å². The highest BCUT2D eigenvalue weighted by Gasteiger charge is 2.45. The summed E-state index contributed by atoms with van der Waals surface area (Å²) in [6, 6.07) is 12.1. The fourth-order valence-corrected chi connectivity index (χ4v) is 12.5. The minimum Gasteiger partial charge on any atom is -0.0810 e. The Morgan fingerprint density at radius 3 is 1.53 bits per heavy atom. The zero-order valence-electron chi connectivity index (χ0n) is 32.0. The van der Waals surface area contributed by atoms with E-state index < -0.39 is 0 Å². The van der Waals surface area contributed by atoms with Crippen LogP contribution in [0.2, 0.25) is 0 Å². The summed E-state index contributed by atoms with van der Waals surface area (Å²) in [6.07, 6.45) is 45.5. The van der Waals surface area contributed by atoms with E-state index in [9.17, 15) is 0 Å². The first-order valence-corrected chi connectivity index (χ1v) is 22.5. The number of rotatable bonds is 7. The van der Waals surface area contributed by atoms with Crippen LogP contribution in [0.25, 0.3) is 16.7 Å². The Balaban J connectivity index is 1.45. The van der Waals surface area contributed by atoms with Crippen LogP contribution in [0.3, 0.4) is 0 Å². The van der Waals surface area contributed by atoms with Crippen LogP contribution in [0.15, 0.2) is 59.7 Å². The highest BCUT2D eigenvalue weighted by atomic mass is 14.5. The molecule has 0 nitrogen and oxygen atoms in total. The maximum atomic E-state index is 2.78. The Morgan fingerprint density at radius 2 is 0.863 bits per heavy atom. The van der Waals surface area contributed by atoms with E-state index in [-0.39, 0.29) is 0 Å². The standard InChI is InChI=1S/C51H66/c1-2-9-23-37(22-8-1)45-48(39-24-10-3-4-11-25-39)50-46(40-28-14-6-15-29-40)43(36-26-12-5-13-27-36)44(38-32-18-19-33-38)47(42-34-20-21-35-42)51(50)49(45)41-30-16-7-17-31-41/h7,16-17,22,28,30-32,36,39,42,49H,1-6,8-15,18-21,23-27,29,33-35H2. The molecular weight excluding hydrogens is 613 g/mol. The van der Waals surface area contributed by atoms with E-state index in [2.05, 4.69) is 48.6 Å². The molecule has 1 unspecified atom stereocenters. The summed E-state index contributed by atoms with van der Waals surface area (Å²) in [5, 5.41) is 0. The quantitative estimate of drug-likeness (QED) is 0.256. The zero-order chi connectivity index (χ0) is 34.0. The molecule has 2 aromatic rings. The van der Waals surface area contributed by atoms with Gasteiger partial charge in [-0.1, -0.05) is 113 Å². The van der Waals surface area contributed by atoms with Crippen LogP contribution in [0.5, 0.6) is 0 Å². The molecule has 0 spiro atoms. The van der Waals surface area contributed by atoms with Crippen LogP contribution in [0.4, 0.5) is 0 Å². The minimum atomic E-state index is 0.392. The molecular formula is C51H66. The van der Waals surface area contributed by atoms with Gasteiger partial charge in [-0.3, -0.25) is 0 Å². The lowest BCUT2D eigenvalue weighted by molar-refractivity contribution is 0.441. The molecule has 0 bridgehead atoms. The van der Waals surface area contributed by atoms with Crippen molar-refractivity contribution in [1.29, 1.82) is 0 Å². The van der Waals surface area contributed by atoms with E-state index >= 15 is 0 Å². The van der Waals surface area contributed by atoms with Crippen molar-refractivity contribution in [3.05, 3.63) is 98.7 Å². The Morgan fingerprint density at radius 1 is 0.353 bits per heavy atom. The summed E-state index contributed by atoms with van der Waals surface area (Å²) in [6.45, 7) is 0. The van der Waals surface area contributed by atoms with E-state index in [1.54, 1.807) is 22.3 Å². The molecule has 0 N–H and O–H groups in total. The third kappa shape index (κ3) is 6.63. The first-order chi connectivity index (χ1) is 25.4. The topological polar surface area (TPSA) is 0 Å². The smallest absolute Gasteiger partial charge is 0.0354 e. The van der Waals surface area contributed by atoms with Crippen LogP contribution >= 0.6 is 0 Å². The van der Waals surface area contributed by atoms with Gasteiger partial charge in [-0.15, -0.1) is 0 Å². The van der Waals surface area contributed by atoms with Crippen LogP contribution < -0.4 is 0 Å². The van der Waals surface area contributed by atoms with Crippen molar-refractivity contribution in [2.75, 3.05) is 0 Å². The van der Waals surface area contributed by atoms with Gasteiger partial charge in [-0.2, -0.15) is 0 Å². The molecule has 7 aliphatic rings. The molecule has 3 saturated carbocycles. The highest BCUT2D eigenvalue weighted by molar-refractivity contribution is 5.96. The van der Waals surface area contributed by atoms with Gasteiger partial charge >= 0.3 is 0 Å². The molecule has 51 heavy (non-hydrogen) atoms. The maximum Gasteiger partial charge on any atom is 0.0354 e. The predicted molar refractivity (Wildman–Crippen MR) is 219 cm³/mol. The first-order valence-electron chi connectivity index (χ1n) is 22.5. The minimum absolute atomic E-state index is 0.392. The van der Waals surface area contributed by atoms with Crippen LogP contribution in [-0.4, -0.2) is 0 Å². The summed E-state index contributed by atoms with van der Waals surface area (Å²) < 4.78 is 0. The van der Waals surface area contributed by atoms with Gasteiger partial charge < -0.3 is 0 Å². The third-order valence-corrected chi connectivity index (χ3v) is 14.8. The van der Waals surface area contributed by atoms with Crippen molar-refractivity contribution in [3.63, 3.8) is 0 Å². The molecule has 7 aliphatic carbocycles. The molecule has 2 aromatic carbocycles. The fourth-order valence-electron chi connectivity index (χ4n) is 12.5. The van der Waals surface area contributed by atoms with Crippen LogP contribution in [0, 0.1) is 5.92 Å². The first kappa shape index (κ1) is 34.2. The summed E-state index contributed by atoms with van der Waals surface area (Å²) in [5.74, 6) is 2.54. The zero-order valence-corrected chi connectivity index (χ0v) is 32.0. The van der Waals surface area contributed by atoms with Crippen molar-refractivity contribution in [1.82, 2.24) is 0 Å². The van der Waals surface area contributed by atoms with Gasteiger partial charge in [-0.05, 0) is 194 Å².